The molecule has 0 radical (unpaired) electrons. The second-order valence-corrected chi connectivity index (χ2v) is 37.5. The van der Waals surface area contributed by atoms with Crippen LogP contribution < -0.4 is 77.1 Å². The number of hydrogen-bond donors (Lipinski definition) is 19. The average molecular weight is 2110 g/mol. The molecule has 2 amide bonds. The molecule has 0 spiro atoms. The predicted octanol–water partition coefficient (Wildman–Crippen LogP) is -5.30. The highest BCUT2D eigenvalue weighted by molar-refractivity contribution is 7.48. The van der Waals surface area contributed by atoms with Crippen molar-refractivity contribution in [2.24, 2.45) is 17.4 Å². The number of rotatable bonds is 40. The minimum atomic E-state index is -5.24. The number of nitrogen functional groups attached to an aromatic ring is 4. The van der Waals surface area contributed by atoms with E-state index in [0.29, 0.717) is 79.7 Å². The lowest BCUT2D eigenvalue weighted by Gasteiger charge is -2.29. The Labute approximate surface area is 808 Å². The Hall–Kier alpha value is -8.77. The fourth-order valence-electron chi connectivity index (χ4n) is 15.5. The number of aliphatic hydroxyl groups is 1. The second-order valence-electron chi connectivity index (χ2n) is 31.8. The minimum absolute atomic E-state index is 0.0192. The van der Waals surface area contributed by atoms with E-state index in [0.717, 1.165) is 23.5 Å². The number of fused-ring (bicyclic) bond motifs is 8. The number of aromatic nitrogens is 16. The number of nitrogens with two attached hydrogens (primary N) is 6. The first-order chi connectivity index (χ1) is 68.0. The van der Waals surface area contributed by atoms with Crippen LogP contribution in [0.25, 0.3) is 44.7 Å². The van der Waals surface area contributed by atoms with Gasteiger partial charge in [0.15, 0.2) is 63.3 Å². The van der Waals surface area contributed by atoms with Crippen molar-refractivity contribution in [3.8, 4) is 0 Å². The van der Waals surface area contributed by atoms with Gasteiger partial charge < -0.3 is 136 Å². The van der Waals surface area contributed by atoms with Crippen LogP contribution in [-0.2, 0) is 121 Å². The van der Waals surface area contributed by atoms with Crippen LogP contribution in [0.1, 0.15) is 86.2 Å². The molecule has 61 nitrogen and oxygen atoms in total. The number of nitrogens with zero attached hydrogens (tertiary/aromatic N) is 12. The molecular formula is C76H129FN26O35P4+2. The summed E-state index contributed by atoms with van der Waals surface area (Å²) < 4.78 is 180. The number of carbonyl (C=O) groups excluding carboxylic acids is 2. The lowest BCUT2D eigenvalue weighted by molar-refractivity contribution is -0.894. The Morgan fingerprint density at radius 1 is 0.401 bits per heavy atom. The number of ether oxygens (including phenoxy) is 12. The number of anilines is 4. The highest BCUT2D eigenvalue weighted by Gasteiger charge is 2.57. The van der Waals surface area contributed by atoms with Crippen molar-refractivity contribution in [3.05, 3.63) is 66.7 Å². The van der Waals surface area contributed by atoms with Crippen LogP contribution in [0.2, 0.25) is 0 Å². The number of phosphoric ester groups is 4. The summed E-state index contributed by atoms with van der Waals surface area (Å²) in [5.74, 6) is -3.27. The van der Waals surface area contributed by atoms with Crippen LogP contribution in [0.5, 0.6) is 0 Å². The van der Waals surface area contributed by atoms with Gasteiger partial charge in [0.1, 0.15) is 73.2 Å². The summed E-state index contributed by atoms with van der Waals surface area (Å²) in [4.78, 5) is 167. The summed E-state index contributed by atoms with van der Waals surface area (Å²) in [5, 5.41) is 16.7. The molecule has 0 saturated carbocycles. The van der Waals surface area contributed by atoms with Gasteiger partial charge in [-0.25, -0.2) is 38.2 Å². The Morgan fingerprint density at radius 3 is 0.930 bits per heavy atom. The highest BCUT2D eigenvalue weighted by atomic mass is 31.2. The van der Waals surface area contributed by atoms with E-state index in [2.05, 4.69) is 112 Å². The molecule has 66 heteroatoms. The standard InChI is InChI=1S/C32H48N12O17P2.C31H46N12O18P2.2C6H15N.CH3F/c1-16-23-17(58-29(16)43-14-36-21-25(43)39-31(34)41-27(21)46)12-56-63(50,51)61-24-18(13-57-62(48,49)60-23)59-30(44-15-37-22-26(44)40-32(35)42-28(22)47)20(24)38-19(45)2-4-52-6-8-54-10-11-55-9-7-53-5-3-33;32-2-4-53-6-8-55-10-9-54-7-5-52-3-1-17(44)37-18-22-15(58-28(18)42-13-35-19-24(42)38-30(33)40-26(19)46)11-56-63(50,51)61-23-16(12-57-62(48,49)60-22)59-29(21(23)45)43-14-36-20-25(43)39-31(34)41-27(20)47;2*1-4-7(5-2)6-3;1-2/h14-18,20,23-24,29-30H,2-13,33H2,1H3,(H,38,45)(H,48,49)(H,50,51)(H3,34,39,41,46)(H3,35,40,42,47);13-16,18,21-23,28-29,45H,1-12,32H2,(H,37,44)(H,48,49)(H,50,51)(H3,33,38,40,46)(H3,34,39,41,47);2*4-6H2,1-3H3;1H3/p+2/t16-,17+,18+,20?,23?,24-,29+,30+;15-,16-,18?,21+,22+,23?,28-,29-;;;/m01.../s1. The fourth-order valence-corrected chi connectivity index (χ4v) is 19.4. The van der Waals surface area contributed by atoms with E-state index in [9.17, 15) is 76.1 Å². The van der Waals surface area contributed by atoms with Gasteiger partial charge >= 0.3 is 31.3 Å². The molecule has 0 aromatic carbocycles. The van der Waals surface area contributed by atoms with E-state index in [1.54, 1.807) is 16.7 Å². The third-order valence-electron chi connectivity index (χ3n) is 22.5. The molecule has 0 bridgehead atoms. The minimum Gasteiger partial charge on any atom is -0.386 e. The maximum atomic E-state index is 13.8. The van der Waals surface area contributed by atoms with Gasteiger partial charge in [-0.15, -0.1) is 0 Å². The van der Waals surface area contributed by atoms with E-state index >= 15 is 0 Å². The third-order valence-corrected chi connectivity index (χ3v) is 26.5. The molecule has 14 rings (SSSR count). The number of H-pyrrole nitrogens is 4. The normalized spacial score (nSPS) is 27.9. The summed E-state index contributed by atoms with van der Waals surface area (Å²) >= 11 is 0. The van der Waals surface area contributed by atoms with Gasteiger partial charge in [-0.3, -0.25) is 108 Å². The number of aliphatic hydroxyl groups excluding tert-OH is 1. The first kappa shape index (κ1) is 115. The average Bonchev–Trinajstić information content (AvgIpc) is 1.62. The maximum absolute atomic E-state index is 13.8. The van der Waals surface area contributed by atoms with Crippen molar-refractivity contribution in [2.45, 2.75) is 153 Å². The zero-order valence-electron chi connectivity index (χ0n) is 79.2. The Balaban J connectivity index is 0.000000253. The highest BCUT2D eigenvalue weighted by Crippen LogP contribution is 2.57. The summed E-state index contributed by atoms with van der Waals surface area (Å²) in [6, 6.07) is -2.88. The first-order valence-corrected chi connectivity index (χ1v) is 51.4. The first-order valence-electron chi connectivity index (χ1n) is 45.5. The van der Waals surface area contributed by atoms with Crippen LogP contribution in [0.4, 0.5) is 28.2 Å². The molecule has 0 aliphatic carbocycles. The number of hydrogen-bond acceptors (Lipinski definition) is 45. The molecule has 798 valence electrons. The van der Waals surface area contributed by atoms with Gasteiger partial charge in [-0.05, 0) is 41.5 Å². The quantitative estimate of drug-likeness (QED) is 0.0126. The van der Waals surface area contributed by atoms with Gasteiger partial charge in [0.2, 0.25) is 35.6 Å². The molecule has 8 aromatic heterocycles. The molecule has 20 atom stereocenters. The monoisotopic (exact) mass is 2110 g/mol. The maximum Gasteiger partial charge on any atom is 0.472 e. The Bertz CT molecular complexity index is 5430. The summed E-state index contributed by atoms with van der Waals surface area (Å²) in [7, 11) is -20.2. The van der Waals surface area contributed by atoms with Gasteiger partial charge in [0.25, 0.3) is 22.2 Å². The molecule has 25 N–H and O–H groups in total. The van der Waals surface area contributed by atoms with Crippen molar-refractivity contribution in [3.63, 3.8) is 0 Å². The second kappa shape index (κ2) is 55.1. The van der Waals surface area contributed by atoms with E-state index in [1.807, 2.05) is 0 Å². The topological polar surface area (TPSA) is 832 Å². The Morgan fingerprint density at radius 2 is 0.641 bits per heavy atom. The lowest BCUT2D eigenvalue weighted by Crippen LogP contribution is -3.11. The molecule has 6 fully saturated rings. The smallest absolute Gasteiger partial charge is 0.386 e. The van der Waals surface area contributed by atoms with Crippen molar-refractivity contribution in [1.29, 1.82) is 0 Å². The lowest BCUT2D eigenvalue weighted by atomic mass is 10.0. The third kappa shape index (κ3) is 31.6. The number of amides is 2. The molecule has 6 saturated heterocycles. The van der Waals surface area contributed by atoms with Crippen LogP contribution in [0.3, 0.4) is 0 Å². The molecule has 6 aliphatic rings. The molecule has 6 aliphatic heterocycles. The van der Waals surface area contributed by atoms with Crippen molar-refractivity contribution in [2.75, 3.05) is 215 Å². The summed E-state index contributed by atoms with van der Waals surface area (Å²) in [6.07, 6.45) is -15.7. The number of alkyl halides is 1. The molecule has 8 unspecified atom stereocenters. The van der Waals surface area contributed by atoms with Crippen molar-refractivity contribution >= 4 is 112 Å². The summed E-state index contributed by atoms with van der Waals surface area (Å²) in [6.45, 7) is 24.2. The number of quaternary nitrogens is 2. The van der Waals surface area contributed by atoms with Crippen LogP contribution in [0.15, 0.2) is 44.5 Å². The van der Waals surface area contributed by atoms with Gasteiger partial charge in [0.05, 0.1) is 204 Å². The van der Waals surface area contributed by atoms with E-state index in [-0.39, 0.29) is 128 Å². The van der Waals surface area contributed by atoms with Gasteiger partial charge in [-0.1, -0.05) is 6.92 Å². The number of aromatic amines is 4. The number of carbonyl (C=O) groups is 2. The molecule has 142 heavy (non-hydrogen) atoms. The number of halogens is 1. The largest absolute Gasteiger partial charge is 0.472 e. The van der Waals surface area contributed by atoms with Crippen molar-refractivity contribution in [1.82, 2.24) is 88.7 Å². The summed E-state index contributed by atoms with van der Waals surface area (Å²) in [5.41, 5.74) is 30.0. The number of imidazole rings is 4. The number of phosphoric acid groups is 4. The van der Waals surface area contributed by atoms with Gasteiger partial charge in [-0.2, -0.15) is 19.9 Å². The van der Waals surface area contributed by atoms with E-state index < -0.39 is 190 Å². The van der Waals surface area contributed by atoms with Crippen LogP contribution >= 0.6 is 31.3 Å². The van der Waals surface area contributed by atoms with Crippen LogP contribution in [-0.4, -0.2) is 373 Å². The molecular weight excluding hydrogens is 1980 g/mol. The fraction of sp³-hybridized carbons (Fsp3) is 0.711. The Kier molecular flexibility index (Phi) is 44.7. The number of nitrogens with one attached hydrogen (secondary N) is 8. The zero-order chi connectivity index (χ0) is 103. The zero-order valence-corrected chi connectivity index (χ0v) is 82.8. The SMILES string of the molecule is CC[NH+](CC)CC.CC[NH+](CC)CC.CF.C[C@H]1C2OP(=O)(O)OC[C@H]3O[C@@H](n4cnc5c(=O)[nH]c(N)nc54)C(NC(=O)CCOCCOCCOCCOCCN)[C@H]3OP(=O)(O)OC[C@H]2O[C@H]1n1cnc2c(=O)[nH]c(N)nc21.NCCOCCOCCOCCOCCC(=O)NC1[C@H]2OP(=O)(O)OC[C@H]3O[C@@H](n4cnc5c(=O)[nH]c(N)nc54)[C@@H](O)C3OP(=O)(O)OC[C@H]2O[C@H]1n1cnc2c(=O)[nH]c(N)nc21. The van der Waals surface area contributed by atoms with E-state index in [4.69, 9.17) is 127 Å². The molecule has 14 heterocycles. The van der Waals surface area contributed by atoms with E-state index in [1.165, 1.54) is 59.3 Å². The predicted molar refractivity (Wildman–Crippen MR) is 494 cm³/mol. The van der Waals surface area contributed by atoms with Crippen molar-refractivity contribution < 1.29 is 160 Å². The van der Waals surface area contributed by atoms with Crippen LogP contribution in [0, 0.1) is 5.92 Å². The molecule has 8 aromatic rings. The van der Waals surface area contributed by atoms with Gasteiger partial charge in [0, 0.05) is 31.8 Å².